The van der Waals surface area contributed by atoms with Gasteiger partial charge < -0.3 is 64.2 Å². The summed E-state index contributed by atoms with van der Waals surface area (Å²) in [6, 6.07) is 0. The van der Waals surface area contributed by atoms with Gasteiger partial charge in [-0.1, -0.05) is 109 Å². The standard InChI is InChI=1S/C44H80O14/c1-3-5-7-9-11-13-15-16-17-19-21-23-25-27-36(46)56-33(30-53-28-26-24-22-20-18-14-12-10-8-6-4-2)31-54-43-42(52)40(50)38(48)35(58-43)32-55-44-41(51)39(49)37(47)34(29-45)57-44/h8,10,13,15,33-35,37-45,47-52H,3-7,9,11-12,14,16-32H2,1-2H3/b10-8-,15-13-. The quantitative estimate of drug-likeness (QED) is 0.0261. The smallest absolute Gasteiger partial charge is 0.306 e. The van der Waals surface area contributed by atoms with E-state index in [1.165, 1.54) is 51.4 Å². The molecule has 58 heavy (non-hydrogen) atoms. The Balaban J connectivity index is 1.83. The zero-order chi connectivity index (χ0) is 42.4. The summed E-state index contributed by atoms with van der Waals surface area (Å²) < 4.78 is 34.1. The van der Waals surface area contributed by atoms with E-state index in [0.29, 0.717) is 13.0 Å². The number of hydrogen-bond donors (Lipinski definition) is 7. The Bertz CT molecular complexity index is 1060. The van der Waals surface area contributed by atoms with Crippen molar-refractivity contribution in [2.45, 2.75) is 216 Å². The van der Waals surface area contributed by atoms with Gasteiger partial charge in [-0.15, -0.1) is 0 Å². The normalized spacial score (nSPS) is 28.4. The lowest BCUT2D eigenvalue weighted by Gasteiger charge is -2.42. The Morgan fingerprint density at radius 2 is 1.05 bits per heavy atom. The number of allylic oxidation sites excluding steroid dienone is 4. The second-order valence-electron chi connectivity index (χ2n) is 15.9. The summed E-state index contributed by atoms with van der Waals surface area (Å²) in [4.78, 5) is 12.9. The van der Waals surface area contributed by atoms with Gasteiger partial charge >= 0.3 is 5.97 Å². The van der Waals surface area contributed by atoms with Gasteiger partial charge in [0.2, 0.25) is 0 Å². The van der Waals surface area contributed by atoms with Crippen LogP contribution in [0.25, 0.3) is 0 Å². The van der Waals surface area contributed by atoms with Crippen molar-refractivity contribution < 1.29 is 69.0 Å². The Morgan fingerprint density at radius 1 is 0.552 bits per heavy atom. The first kappa shape index (κ1) is 52.6. The van der Waals surface area contributed by atoms with E-state index in [2.05, 4.69) is 38.2 Å². The molecule has 0 spiro atoms. The third kappa shape index (κ3) is 21.8. The van der Waals surface area contributed by atoms with E-state index in [9.17, 15) is 40.5 Å². The number of rotatable bonds is 34. The molecule has 2 fully saturated rings. The maximum absolute atomic E-state index is 12.9. The van der Waals surface area contributed by atoms with Crippen LogP contribution in [0.15, 0.2) is 24.3 Å². The average Bonchev–Trinajstić information content (AvgIpc) is 3.22. The molecule has 0 aromatic heterocycles. The summed E-state index contributed by atoms with van der Waals surface area (Å²) in [5.74, 6) is -0.390. The van der Waals surface area contributed by atoms with Gasteiger partial charge in [0, 0.05) is 13.0 Å². The molecule has 11 unspecified atom stereocenters. The van der Waals surface area contributed by atoms with E-state index < -0.39 is 80.7 Å². The van der Waals surface area contributed by atoms with Crippen molar-refractivity contribution in [3.8, 4) is 0 Å². The molecule has 11 atom stereocenters. The van der Waals surface area contributed by atoms with Gasteiger partial charge in [-0.25, -0.2) is 0 Å². The van der Waals surface area contributed by atoms with Crippen LogP contribution in [0.5, 0.6) is 0 Å². The van der Waals surface area contributed by atoms with E-state index in [-0.39, 0.29) is 25.6 Å². The molecule has 14 nitrogen and oxygen atoms in total. The number of aliphatic hydroxyl groups is 7. The van der Waals surface area contributed by atoms with Gasteiger partial charge in [-0.05, 0) is 57.8 Å². The molecule has 0 aromatic rings. The summed E-state index contributed by atoms with van der Waals surface area (Å²) in [5.41, 5.74) is 0. The lowest BCUT2D eigenvalue weighted by molar-refractivity contribution is -0.332. The zero-order valence-electron chi connectivity index (χ0n) is 35.5. The highest BCUT2D eigenvalue weighted by atomic mass is 16.7. The van der Waals surface area contributed by atoms with Crippen molar-refractivity contribution in [1.82, 2.24) is 0 Å². The number of ether oxygens (including phenoxy) is 6. The van der Waals surface area contributed by atoms with Gasteiger partial charge in [0.1, 0.15) is 54.9 Å². The molecule has 2 saturated heterocycles. The Morgan fingerprint density at radius 3 is 1.64 bits per heavy atom. The summed E-state index contributed by atoms with van der Waals surface area (Å²) >= 11 is 0. The van der Waals surface area contributed by atoms with E-state index >= 15 is 0 Å². The van der Waals surface area contributed by atoms with Crippen LogP contribution in [0.4, 0.5) is 0 Å². The highest BCUT2D eigenvalue weighted by molar-refractivity contribution is 5.69. The lowest BCUT2D eigenvalue weighted by Crippen LogP contribution is -2.61. The fourth-order valence-corrected chi connectivity index (χ4v) is 6.93. The minimum atomic E-state index is -1.71. The summed E-state index contributed by atoms with van der Waals surface area (Å²) in [7, 11) is 0. The number of esters is 1. The molecule has 0 radical (unpaired) electrons. The summed E-state index contributed by atoms with van der Waals surface area (Å²) in [6.45, 7) is 3.57. The van der Waals surface area contributed by atoms with Crippen LogP contribution in [-0.4, -0.2) is 142 Å². The third-order valence-electron chi connectivity index (χ3n) is 10.7. The fraction of sp³-hybridized carbons (Fsp3) is 0.886. The molecule has 340 valence electrons. The molecule has 2 heterocycles. The molecule has 0 bridgehead atoms. The zero-order valence-corrected chi connectivity index (χ0v) is 35.5. The first-order valence-electron chi connectivity index (χ1n) is 22.4. The molecule has 14 heteroatoms. The number of hydrogen-bond acceptors (Lipinski definition) is 14. The minimum Gasteiger partial charge on any atom is -0.457 e. The van der Waals surface area contributed by atoms with Gasteiger partial charge in [-0.3, -0.25) is 4.79 Å². The third-order valence-corrected chi connectivity index (χ3v) is 10.7. The van der Waals surface area contributed by atoms with Crippen molar-refractivity contribution in [3.63, 3.8) is 0 Å². The second-order valence-corrected chi connectivity index (χ2v) is 15.9. The topological polar surface area (TPSA) is 214 Å². The van der Waals surface area contributed by atoms with Crippen LogP contribution >= 0.6 is 0 Å². The Hall–Kier alpha value is -1.53. The van der Waals surface area contributed by atoms with E-state index in [1.54, 1.807) is 0 Å². The van der Waals surface area contributed by atoms with Crippen LogP contribution in [0.1, 0.15) is 149 Å². The molecule has 0 aromatic carbocycles. The second kappa shape index (κ2) is 33.1. The molecule has 2 aliphatic heterocycles. The fourth-order valence-electron chi connectivity index (χ4n) is 6.93. The average molecular weight is 833 g/mol. The summed E-state index contributed by atoms with van der Waals surface area (Å²) in [5, 5.41) is 71.8. The number of aliphatic hydroxyl groups excluding tert-OH is 7. The van der Waals surface area contributed by atoms with Gasteiger partial charge in [-0.2, -0.15) is 0 Å². The van der Waals surface area contributed by atoms with Crippen LogP contribution < -0.4 is 0 Å². The first-order chi connectivity index (χ1) is 28.1. The number of unbranched alkanes of at least 4 members (excludes halogenated alkanes) is 16. The Labute approximate surface area is 347 Å². The maximum Gasteiger partial charge on any atom is 0.306 e. The van der Waals surface area contributed by atoms with Crippen molar-refractivity contribution in [2.75, 3.05) is 33.0 Å². The summed E-state index contributed by atoms with van der Waals surface area (Å²) in [6.07, 6.45) is 15.4. The predicted molar refractivity (Wildman–Crippen MR) is 220 cm³/mol. The molecule has 0 saturated carbocycles. The molecule has 2 aliphatic rings. The SMILES string of the molecule is CCC/C=C\CCCCCCCCOCC(COC1OC(COC2OC(CO)C(O)C(O)C2O)C(O)C(O)C1O)OC(=O)CCCCCCC/C=C\CCCCCC. The van der Waals surface area contributed by atoms with E-state index in [1.807, 2.05) is 0 Å². The van der Waals surface area contributed by atoms with Gasteiger partial charge in [0.25, 0.3) is 0 Å². The van der Waals surface area contributed by atoms with Gasteiger partial charge in [0.05, 0.1) is 26.4 Å². The van der Waals surface area contributed by atoms with Crippen LogP contribution in [0, 0.1) is 0 Å². The Kier molecular flexibility index (Phi) is 30.1. The number of carbonyl (C=O) groups is 1. The van der Waals surface area contributed by atoms with Gasteiger partial charge in [0.15, 0.2) is 12.6 Å². The molecule has 2 rings (SSSR count). The largest absolute Gasteiger partial charge is 0.457 e. The predicted octanol–water partition coefficient (Wildman–Crippen LogP) is 4.90. The molecule has 0 aliphatic carbocycles. The molecule has 7 N–H and O–H groups in total. The number of carbonyl (C=O) groups excluding carboxylic acids is 1. The maximum atomic E-state index is 12.9. The molecular weight excluding hydrogens is 752 g/mol. The van der Waals surface area contributed by atoms with E-state index in [0.717, 1.165) is 70.6 Å². The lowest BCUT2D eigenvalue weighted by atomic mass is 9.98. The molecular formula is C44H80O14. The van der Waals surface area contributed by atoms with Crippen LogP contribution in [0.2, 0.25) is 0 Å². The minimum absolute atomic E-state index is 0.0552. The van der Waals surface area contributed by atoms with Crippen molar-refractivity contribution >= 4 is 5.97 Å². The first-order valence-corrected chi connectivity index (χ1v) is 22.4. The monoisotopic (exact) mass is 833 g/mol. The van der Waals surface area contributed by atoms with E-state index in [4.69, 9.17) is 28.4 Å². The van der Waals surface area contributed by atoms with Crippen molar-refractivity contribution in [2.24, 2.45) is 0 Å². The highest BCUT2D eigenvalue weighted by Crippen LogP contribution is 2.26. The molecule has 0 amide bonds. The van der Waals surface area contributed by atoms with Crippen molar-refractivity contribution in [3.05, 3.63) is 24.3 Å². The highest BCUT2D eigenvalue weighted by Gasteiger charge is 2.47. The van der Waals surface area contributed by atoms with Crippen LogP contribution in [-0.2, 0) is 33.2 Å². The van der Waals surface area contributed by atoms with Crippen LogP contribution in [0.3, 0.4) is 0 Å². The van der Waals surface area contributed by atoms with Crippen molar-refractivity contribution in [1.29, 1.82) is 0 Å².